The monoisotopic (exact) mass is 703 g/mol. The summed E-state index contributed by atoms with van der Waals surface area (Å²) in [5.74, 6) is -3.76. The summed E-state index contributed by atoms with van der Waals surface area (Å²) in [7, 11) is -1.13. The zero-order chi connectivity index (χ0) is 35.3. The molecule has 4 N–H and O–H groups in total. The second-order valence-corrected chi connectivity index (χ2v) is 12.5. The van der Waals surface area contributed by atoms with Gasteiger partial charge in [-0.25, -0.2) is 18.6 Å². The lowest BCUT2D eigenvalue weighted by Crippen LogP contribution is -2.68. The average Bonchev–Trinajstić information content (AvgIpc) is 3.52. The van der Waals surface area contributed by atoms with Crippen LogP contribution in [0.2, 0.25) is 0 Å². The number of halogens is 2. The quantitative estimate of drug-likeness (QED) is 0.0765. The van der Waals surface area contributed by atoms with Crippen molar-refractivity contribution in [1.82, 2.24) is 14.7 Å². The fourth-order valence-corrected chi connectivity index (χ4v) is 5.69. The highest BCUT2D eigenvalue weighted by atomic mass is 32.3. The highest BCUT2D eigenvalue weighted by Crippen LogP contribution is 2.40. The van der Waals surface area contributed by atoms with E-state index in [1.807, 2.05) is 48.7 Å². The smallest absolute Gasteiger partial charge is 0.418 e. The van der Waals surface area contributed by atoms with Crippen LogP contribution in [-0.2, 0) is 48.0 Å². The molecule has 1 saturated heterocycles. The van der Waals surface area contributed by atoms with E-state index >= 15 is 0 Å². The van der Waals surface area contributed by atoms with Crippen LogP contribution in [-0.4, -0.2) is 81.4 Å². The molecule has 256 valence electrons. The Morgan fingerprint density at radius 3 is 2.34 bits per heavy atom. The van der Waals surface area contributed by atoms with Crippen molar-refractivity contribution < 1.29 is 59.8 Å². The summed E-state index contributed by atoms with van der Waals surface area (Å²) in [6.45, 7) is 2.63. The van der Waals surface area contributed by atoms with Crippen LogP contribution in [0.1, 0.15) is 31.5 Å². The Hall–Kier alpha value is -4.53. The van der Waals surface area contributed by atoms with E-state index in [0.29, 0.717) is 10.8 Å². The van der Waals surface area contributed by atoms with E-state index in [4.69, 9.17) is 19.9 Å². The maximum atomic E-state index is 13.3. The van der Waals surface area contributed by atoms with Crippen LogP contribution in [0.3, 0.4) is 0 Å². The van der Waals surface area contributed by atoms with Crippen molar-refractivity contribution in [1.29, 1.82) is 0 Å². The lowest BCUT2D eigenvalue weighted by Gasteiger charge is -2.50. The van der Waals surface area contributed by atoms with Gasteiger partial charge in [0, 0.05) is 22.9 Å². The molecular formula is C27H33F2N6O10S2+. The molecule has 2 aromatic heterocycles. The van der Waals surface area contributed by atoms with Crippen molar-refractivity contribution in [3.05, 3.63) is 47.1 Å². The number of nitrogen functional groups attached to an aromatic ring is 1. The Kier molecular flexibility index (Phi) is 11.7. The van der Waals surface area contributed by atoms with Crippen LogP contribution in [0.15, 0.2) is 41.0 Å². The highest BCUT2D eigenvalue weighted by Gasteiger charge is 2.57. The van der Waals surface area contributed by atoms with Gasteiger partial charge in [0.15, 0.2) is 29.9 Å². The average molecular weight is 704 g/mol. The SMILES string of the molecule is Cc1c[n+](C)n(C)c1-c1ccc(OC[C@H](O/N=C(\C(=O)C[C@@H]2C(=O)N(OS(=O)(=O)O)C2(C)C)c2csc(N)n2)C(=O)O)cc1.FCF. The zero-order valence-electron chi connectivity index (χ0n) is 25.8. The number of carbonyl (C=O) groups excluding carboxylic acids is 2. The molecule has 0 unspecified atom stereocenters. The molecule has 4 rings (SSSR count). The number of carboxylic acids is 1. The number of carboxylic acid groups (broad SMARTS) is 1. The van der Waals surface area contributed by atoms with Gasteiger partial charge in [-0.05, 0) is 45.0 Å². The number of nitrogens with two attached hydrogens (primary N) is 1. The number of carbonyl (C=O) groups is 3. The molecule has 3 heterocycles. The first-order valence-corrected chi connectivity index (χ1v) is 15.7. The number of ether oxygens (including phenoxy) is 1. The summed E-state index contributed by atoms with van der Waals surface area (Å²) in [4.78, 5) is 47.0. The molecule has 0 saturated carbocycles. The summed E-state index contributed by atoms with van der Waals surface area (Å²) < 4.78 is 64.3. The van der Waals surface area contributed by atoms with Gasteiger partial charge >= 0.3 is 16.4 Å². The minimum absolute atomic E-state index is 0.0156. The Balaban J connectivity index is 0.00000192. The molecule has 0 bridgehead atoms. The van der Waals surface area contributed by atoms with Crippen LogP contribution >= 0.6 is 11.3 Å². The molecule has 1 amide bonds. The molecule has 2 atom stereocenters. The number of thiazole rings is 1. The van der Waals surface area contributed by atoms with Crippen molar-refractivity contribution in [2.24, 2.45) is 25.2 Å². The summed E-state index contributed by atoms with van der Waals surface area (Å²) >= 11 is 0.991. The summed E-state index contributed by atoms with van der Waals surface area (Å²) in [5.41, 5.74) is 6.98. The molecule has 3 aromatic rings. The van der Waals surface area contributed by atoms with Crippen molar-refractivity contribution in [2.75, 3.05) is 19.3 Å². The van der Waals surface area contributed by atoms with E-state index in [2.05, 4.69) is 14.4 Å². The molecule has 0 radical (unpaired) electrons. The number of alkyl halides is 2. The van der Waals surface area contributed by atoms with Crippen LogP contribution < -0.4 is 15.2 Å². The normalized spacial score (nSPS) is 16.5. The fourth-order valence-electron chi connectivity index (χ4n) is 4.69. The van der Waals surface area contributed by atoms with Crippen LogP contribution in [0.4, 0.5) is 13.9 Å². The van der Waals surface area contributed by atoms with E-state index in [9.17, 15) is 36.7 Å². The minimum atomic E-state index is -4.98. The maximum Gasteiger partial charge on any atom is 0.418 e. The lowest BCUT2D eigenvalue weighted by molar-refractivity contribution is -0.750. The number of hydroxylamine groups is 2. The molecule has 47 heavy (non-hydrogen) atoms. The fraction of sp³-hybridized carbons (Fsp3) is 0.407. The first-order chi connectivity index (χ1) is 21.9. The predicted molar refractivity (Wildman–Crippen MR) is 162 cm³/mol. The van der Waals surface area contributed by atoms with Gasteiger partial charge in [-0.15, -0.1) is 20.3 Å². The van der Waals surface area contributed by atoms with E-state index in [-0.39, 0.29) is 10.8 Å². The van der Waals surface area contributed by atoms with Crippen LogP contribution in [0, 0.1) is 12.8 Å². The van der Waals surface area contributed by atoms with Gasteiger partial charge < -0.3 is 20.4 Å². The van der Waals surface area contributed by atoms with E-state index in [1.165, 1.54) is 19.2 Å². The molecular weight excluding hydrogens is 670 g/mol. The predicted octanol–water partition coefficient (Wildman–Crippen LogP) is 1.93. The summed E-state index contributed by atoms with van der Waals surface area (Å²) in [6.07, 6.45) is -0.134. The Bertz CT molecular complexity index is 1760. The standard InChI is InChI=1S/C26H30N6O10S2.CH2F2/c1-14-11-30(4)31(5)22(14)15-6-8-16(9-7-15)40-12-20(24(35)36)41-29-21(18-13-43-25(27)28-18)19(33)10-17-23(34)32(26(17,2)3)42-44(37,38)39;2-1-3/h6-9,11,13,17,20H,10,12H2,1-5H3,(H3-,27,28,35,36,37,38,39);1H2/p+1/b29-21-;/t17-,20+;/m1./s1. The number of hydrogen-bond acceptors (Lipinski definition) is 12. The number of aryl methyl sites for hydroxylation is 2. The zero-order valence-corrected chi connectivity index (χ0v) is 27.4. The molecule has 0 aliphatic carbocycles. The number of benzene rings is 1. The molecule has 0 spiro atoms. The number of anilines is 1. The molecule has 1 aliphatic rings. The molecule has 20 heteroatoms. The van der Waals surface area contributed by atoms with E-state index < -0.39 is 71.3 Å². The van der Waals surface area contributed by atoms with E-state index in [1.54, 1.807) is 12.1 Å². The first-order valence-electron chi connectivity index (χ1n) is 13.5. The van der Waals surface area contributed by atoms with Gasteiger partial charge in [-0.1, -0.05) is 5.16 Å². The van der Waals surface area contributed by atoms with Crippen LogP contribution in [0.25, 0.3) is 11.3 Å². The molecule has 1 fully saturated rings. The topological polar surface area (TPSA) is 217 Å². The van der Waals surface area contributed by atoms with Gasteiger partial charge in [0.25, 0.3) is 12.0 Å². The number of aromatic nitrogens is 3. The largest absolute Gasteiger partial charge is 0.489 e. The third-order valence-electron chi connectivity index (χ3n) is 7.09. The van der Waals surface area contributed by atoms with Gasteiger partial charge in [0.05, 0.1) is 18.5 Å². The number of β-lactam (4-membered cyclic amide) rings is 1. The van der Waals surface area contributed by atoms with Gasteiger partial charge in [0.2, 0.25) is 6.93 Å². The number of hydrogen-bond donors (Lipinski definition) is 3. The number of nitrogens with zero attached hydrogens (tertiary/aromatic N) is 5. The van der Waals surface area contributed by atoms with Crippen molar-refractivity contribution in [3.8, 4) is 17.0 Å². The van der Waals surface area contributed by atoms with Gasteiger partial charge in [0.1, 0.15) is 23.7 Å². The van der Waals surface area contributed by atoms with Crippen LogP contribution in [0.5, 0.6) is 5.75 Å². The second-order valence-electron chi connectivity index (χ2n) is 10.6. The van der Waals surface area contributed by atoms with Crippen molar-refractivity contribution in [3.63, 3.8) is 0 Å². The Morgan fingerprint density at radius 2 is 1.87 bits per heavy atom. The highest BCUT2D eigenvalue weighted by molar-refractivity contribution is 7.80. The number of Topliss-reactive ketones (excluding diaryl/α,β-unsaturated/α-hetero) is 1. The van der Waals surface area contributed by atoms with Crippen molar-refractivity contribution in [2.45, 2.75) is 38.8 Å². The third-order valence-corrected chi connectivity index (χ3v) is 8.10. The number of ketones is 1. The van der Waals surface area contributed by atoms with Gasteiger partial charge in [-0.3, -0.25) is 14.1 Å². The Labute approximate surface area is 271 Å². The van der Waals surface area contributed by atoms with Crippen molar-refractivity contribution >= 4 is 50.2 Å². The number of aliphatic carboxylic acids is 1. The lowest BCUT2D eigenvalue weighted by atomic mass is 9.74. The third kappa shape index (κ3) is 8.84. The minimum Gasteiger partial charge on any atom is -0.489 e. The summed E-state index contributed by atoms with van der Waals surface area (Å²) in [5, 5.41) is 15.4. The first kappa shape index (κ1) is 36.9. The molecule has 1 aliphatic heterocycles. The number of rotatable bonds is 13. The number of oxime groups is 1. The van der Waals surface area contributed by atoms with Gasteiger partial charge in [-0.2, -0.15) is 18.2 Å². The Morgan fingerprint density at radius 1 is 1.26 bits per heavy atom. The second kappa shape index (κ2) is 14.9. The van der Waals surface area contributed by atoms with E-state index in [0.717, 1.165) is 28.2 Å². The molecule has 1 aromatic carbocycles. The number of amides is 1. The summed E-state index contributed by atoms with van der Waals surface area (Å²) in [6, 6.07) is 7.04. The maximum absolute atomic E-state index is 13.3. The molecule has 16 nitrogen and oxygen atoms in total.